The second-order valence-corrected chi connectivity index (χ2v) is 6.28. The van der Waals surface area contributed by atoms with E-state index in [1.165, 1.54) is 27.8 Å². The molecule has 22 heavy (non-hydrogen) atoms. The summed E-state index contributed by atoms with van der Waals surface area (Å²) in [7, 11) is 4.15. The lowest BCUT2D eigenvalue weighted by Gasteiger charge is -2.24. The average Bonchev–Trinajstić information content (AvgIpc) is 2.45. The number of likely N-dealkylation sites (N-methyl/N-ethyl adjacent to an activating group) is 1. The summed E-state index contributed by atoms with van der Waals surface area (Å²) in [6.07, 6.45) is 0.00162. The van der Waals surface area contributed by atoms with Crippen molar-refractivity contribution >= 4 is 0 Å². The maximum Gasteiger partial charge on any atom is 0.108 e. The van der Waals surface area contributed by atoms with E-state index in [4.69, 9.17) is 4.74 Å². The third kappa shape index (κ3) is 4.19. The van der Waals surface area contributed by atoms with Crippen LogP contribution in [0.5, 0.6) is 0 Å². The molecule has 0 spiro atoms. The first kappa shape index (κ1) is 16.7. The van der Waals surface area contributed by atoms with Crippen LogP contribution in [0.2, 0.25) is 0 Å². The van der Waals surface area contributed by atoms with Gasteiger partial charge in [0.25, 0.3) is 0 Å². The number of nitrogens with zero attached hydrogens (tertiary/aromatic N) is 1. The van der Waals surface area contributed by atoms with E-state index in [1.807, 2.05) is 0 Å². The maximum atomic E-state index is 6.28. The van der Waals surface area contributed by atoms with Gasteiger partial charge in [-0.05, 0) is 57.1 Å². The van der Waals surface area contributed by atoms with Crippen LogP contribution in [0.4, 0.5) is 0 Å². The van der Waals surface area contributed by atoms with Crippen LogP contribution in [-0.4, -0.2) is 32.1 Å². The van der Waals surface area contributed by atoms with E-state index >= 15 is 0 Å². The average molecular weight is 297 g/mol. The lowest BCUT2D eigenvalue weighted by Crippen LogP contribution is -2.20. The Kier molecular flexibility index (Phi) is 5.76. The lowest BCUT2D eigenvalue weighted by molar-refractivity contribution is 0.0680. The summed E-state index contributed by atoms with van der Waals surface area (Å²) < 4.78 is 6.28. The van der Waals surface area contributed by atoms with E-state index in [-0.39, 0.29) is 6.10 Å². The van der Waals surface area contributed by atoms with Crippen LogP contribution in [0.25, 0.3) is 0 Å². The molecule has 2 aromatic carbocycles. The van der Waals surface area contributed by atoms with Crippen LogP contribution >= 0.6 is 0 Å². The van der Waals surface area contributed by atoms with E-state index in [2.05, 4.69) is 82.2 Å². The van der Waals surface area contributed by atoms with Crippen LogP contribution in [0.15, 0.2) is 42.5 Å². The lowest BCUT2D eigenvalue weighted by atomic mass is 9.92. The molecule has 118 valence electrons. The molecule has 0 aliphatic rings. The van der Waals surface area contributed by atoms with Gasteiger partial charge in [0, 0.05) is 6.54 Å². The molecule has 0 unspecified atom stereocenters. The molecule has 2 aromatic rings. The summed E-state index contributed by atoms with van der Waals surface area (Å²) in [6, 6.07) is 15.0. The summed E-state index contributed by atoms with van der Waals surface area (Å²) in [5, 5.41) is 0. The first-order valence-corrected chi connectivity index (χ1v) is 7.88. The third-order valence-corrected chi connectivity index (χ3v) is 3.93. The number of benzene rings is 2. The van der Waals surface area contributed by atoms with E-state index in [1.54, 1.807) is 0 Å². The fraction of sp³-hybridized carbons (Fsp3) is 0.400. The monoisotopic (exact) mass is 297 g/mol. The minimum absolute atomic E-state index is 0.00162. The molecular formula is C20H27NO. The van der Waals surface area contributed by atoms with Gasteiger partial charge in [-0.2, -0.15) is 0 Å². The topological polar surface area (TPSA) is 12.5 Å². The van der Waals surface area contributed by atoms with E-state index in [0.29, 0.717) is 0 Å². The highest BCUT2D eigenvalue weighted by Crippen LogP contribution is 2.31. The minimum Gasteiger partial charge on any atom is -0.367 e. The van der Waals surface area contributed by atoms with Crippen molar-refractivity contribution in [2.75, 3.05) is 27.2 Å². The van der Waals surface area contributed by atoms with Gasteiger partial charge in [0.15, 0.2) is 0 Å². The summed E-state index contributed by atoms with van der Waals surface area (Å²) in [4.78, 5) is 2.15. The Morgan fingerprint density at radius 2 is 1.55 bits per heavy atom. The fourth-order valence-electron chi connectivity index (χ4n) is 2.93. The highest BCUT2D eigenvalue weighted by Gasteiger charge is 2.19. The van der Waals surface area contributed by atoms with Gasteiger partial charge in [-0.1, -0.05) is 48.0 Å². The zero-order valence-corrected chi connectivity index (χ0v) is 14.4. The zero-order chi connectivity index (χ0) is 16.1. The zero-order valence-electron chi connectivity index (χ0n) is 14.4. The molecule has 0 aliphatic heterocycles. The minimum atomic E-state index is 0.00162. The van der Waals surface area contributed by atoms with Crippen molar-refractivity contribution in [2.45, 2.75) is 26.9 Å². The van der Waals surface area contributed by atoms with E-state index in [9.17, 15) is 0 Å². The van der Waals surface area contributed by atoms with Crippen molar-refractivity contribution in [2.24, 2.45) is 0 Å². The molecule has 0 saturated heterocycles. The molecule has 0 fully saturated rings. The van der Waals surface area contributed by atoms with Crippen molar-refractivity contribution in [3.63, 3.8) is 0 Å². The van der Waals surface area contributed by atoms with Crippen molar-refractivity contribution < 1.29 is 4.74 Å². The van der Waals surface area contributed by atoms with Gasteiger partial charge in [-0.25, -0.2) is 0 Å². The van der Waals surface area contributed by atoms with Crippen molar-refractivity contribution in [3.05, 3.63) is 70.3 Å². The molecule has 0 radical (unpaired) electrons. The van der Waals surface area contributed by atoms with E-state index < -0.39 is 0 Å². The van der Waals surface area contributed by atoms with Crippen LogP contribution in [-0.2, 0) is 4.74 Å². The predicted octanol–water partition coefficient (Wildman–Crippen LogP) is 4.28. The number of hydrogen-bond donors (Lipinski definition) is 0. The van der Waals surface area contributed by atoms with Crippen molar-refractivity contribution in [3.8, 4) is 0 Å². The number of hydrogen-bond acceptors (Lipinski definition) is 2. The summed E-state index contributed by atoms with van der Waals surface area (Å²) in [5.41, 5.74) is 6.43. The Morgan fingerprint density at radius 3 is 2.09 bits per heavy atom. The van der Waals surface area contributed by atoms with Gasteiger partial charge < -0.3 is 9.64 Å². The Bertz CT molecular complexity index is 581. The number of ether oxygens (including phenoxy) is 1. The predicted molar refractivity (Wildman–Crippen MR) is 93.4 cm³/mol. The molecule has 0 aromatic heterocycles. The highest BCUT2D eigenvalue weighted by molar-refractivity contribution is 5.43. The first-order chi connectivity index (χ1) is 10.5. The van der Waals surface area contributed by atoms with Crippen LogP contribution in [0, 0.1) is 20.8 Å². The molecule has 1 atom stereocenters. The molecule has 2 heteroatoms. The van der Waals surface area contributed by atoms with Crippen LogP contribution in [0.3, 0.4) is 0 Å². The second-order valence-electron chi connectivity index (χ2n) is 6.28. The Morgan fingerprint density at radius 1 is 0.955 bits per heavy atom. The normalized spacial score (nSPS) is 12.6. The molecular weight excluding hydrogens is 270 g/mol. The molecule has 0 heterocycles. The molecule has 2 rings (SSSR count). The van der Waals surface area contributed by atoms with Gasteiger partial charge in [-0.3, -0.25) is 0 Å². The largest absolute Gasteiger partial charge is 0.367 e. The van der Waals surface area contributed by atoms with Gasteiger partial charge in [0.05, 0.1) is 6.61 Å². The smallest absolute Gasteiger partial charge is 0.108 e. The quantitative estimate of drug-likeness (QED) is 0.789. The summed E-state index contributed by atoms with van der Waals surface area (Å²) in [6.45, 7) is 8.15. The summed E-state index contributed by atoms with van der Waals surface area (Å²) >= 11 is 0. The molecule has 0 saturated carbocycles. The second kappa shape index (κ2) is 7.57. The molecule has 0 aliphatic carbocycles. The SMILES string of the molecule is Cc1cc(C)c([C@@H](OCCN(C)C)c2ccccc2)c(C)c1. The Balaban J connectivity index is 2.36. The maximum absolute atomic E-state index is 6.28. The Hall–Kier alpha value is -1.64. The molecule has 2 nitrogen and oxygen atoms in total. The third-order valence-electron chi connectivity index (χ3n) is 3.93. The fourth-order valence-corrected chi connectivity index (χ4v) is 2.93. The van der Waals surface area contributed by atoms with Crippen LogP contribution < -0.4 is 0 Å². The number of rotatable bonds is 6. The molecule has 0 N–H and O–H groups in total. The van der Waals surface area contributed by atoms with Gasteiger partial charge in [0.2, 0.25) is 0 Å². The van der Waals surface area contributed by atoms with Gasteiger partial charge in [-0.15, -0.1) is 0 Å². The van der Waals surface area contributed by atoms with E-state index in [0.717, 1.165) is 13.2 Å². The highest BCUT2D eigenvalue weighted by atomic mass is 16.5. The van der Waals surface area contributed by atoms with Gasteiger partial charge >= 0.3 is 0 Å². The molecule has 0 bridgehead atoms. The van der Waals surface area contributed by atoms with Gasteiger partial charge in [0.1, 0.15) is 6.10 Å². The van der Waals surface area contributed by atoms with Crippen LogP contribution in [0.1, 0.15) is 33.9 Å². The standard InChI is InChI=1S/C20H27NO/c1-15-13-16(2)19(17(3)14-15)20(22-12-11-21(4)5)18-9-7-6-8-10-18/h6-10,13-14,20H,11-12H2,1-5H3/t20-/m0/s1. The molecule has 0 amide bonds. The number of aryl methyl sites for hydroxylation is 3. The Labute approximate surface area is 134 Å². The summed E-state index contributed by atoms with van der Waals surface area (Å²) in [5.74, 6) is 0. The van der Waals surface area contributed by atoms with Crippen molar-refractivity contribution in [1.82, 2.24) is 4.90 Å². The van der Waals surface area contributed by atoms with Crippen molar-refractivity contribution in [1.29, 1.82) is 0 Å². The first-order valence-electron chi connectivity index (χ1n) is 7.88.